The van der Waals surface area contributed by atoms with Gasteiger partial charge >= 0.3 is 0 Å². The molecule has 1 heterocycles. The molecular formula is C29H33N3O2. The summed E-state index contributed by atoms with van der Waals surface area (Å²) in [6.07, 6.45) is 3.78. The topological polar surface area (TPSA) is 55.2 Å². The van der Waals surface area contributed by atoms with Gasteiger partial charge in [0.05, 0.1) is 22.6 Å². The standard InChI is InChI=1S/C29H33N3O2/c1-5-7-12-21(6-2)28(33)31(4)20(3)27-30-26-16-11-10-15-25(26)29(34)32(27)24-18-17-22-13-8-9-14-23(22)19-24/h8-11,13-21H,5-7,12H2,1-4H3. The number of aromatic nitrogens is 2. The van der Waals surface area contributed by atoms with E-state index >= 15 is 0 Å². The summed E-state index contributed by atoms with van der Waals surface area (Å²) in [5.74, 6) is 0.657. The summed E-state index contributed by atoms with van der Waals surface area (Å²) in [7, 11) is 1.83. The molecule has 1 aromatic heterocycles. The van der Waals surface area contributed by atoms with Crippen LogP contribution < -0.4 is 5.56 Å². The van der Waals surface area contributed by atoms with Crippen molar-refractivity contribution in [3.63, 3.8) is 0 Å². The lowest BCUT2D eigenvalue weighted by molar-refractivity contribution is -0.136. The highest BCUT2D eigenvalue weighted by Gasteiger charge is 2.28. The molecule has 176 valence electrons. The second-order valence-electron chi connectivity index (χ2n) is 9.03. The van der Waals surface area contributed by atoms with E-state index in [4.69, 9.17) is 4.98 Å². The number of para-hydroxylation sites is 1. The molecule has 0 radical (unpaired) electrons. The number of nitrogens with zero attached hydrogens (tertiary/aromatic N) is 3. The summed E-state index contributed by atoms with van der Waals surface area (Å²) >= 11 is 0. The molecule has 5 nitrogen and oxygen atoms in total. The number of benzene rings is 3. The molecule has 34 heavy (non-hydrogen) atoms. The number of fused-ring (bicyclic) bond motifs is 2. The smallest absolute Gasteiger partial charge is 0.266 e. The lowest BCUT2D eigenvalue weighted by Crippen LogP contribution is -2.38. The zero-order valence-corrected chi connectivity index (χ0v) is 20.5. The number of carbonyl (C=O) groups is 1. The van der Waals surface area contributed by atoms with E-state index in [1.54, 1.807) is 9.47 Å². The molecule has 0 bridgehead atoms. The Labute approximate surface area is 201 Å². The van der Waals surface area contributed by atoms with Gasteiger partial charge in [-0.1, -0.05) is 69.2 Å². The highest BCUT2D eigenvalue weighted by atomic mass is 16.2. The Hall–Kier alpha value is -3.47. The van der Waals surface area contributed by atoms with Gasteiger partial charge in [0.1, 0.15) is 5.82 Å². The SMILES string of the molecule is CCCCC(CC)C(=O)N(C)C(C)c1nc2ccccc2c(=O)n1-c1ccc2ccccc2c1. The van der Waals surface area contributed by atoms with Crippen molar-refractivity contribution >= 4 is 27.6 Å². The Morgan fingerprint density at radius 2 is 1.71 bits per heavy atom. The molecule has 4 rings (SSSR count). The van der Waals surface area contributed by atoms with Crippen molar-refractivity contribution in [3.8, 4) is 5.69 Å². The lowest BCUT2D eigenvalue weighted by Gasteiger charge is -2.30. The van der Waals surface area contributed by atoms with Gasteiger partial charge in [0, 0.05) is 13.0 Å². The number of hydrogen-bond donors (Lipinski definition) is 0. The van der Waals surface area contributed by atoms with E-state index < -0.39 is 0 Å². The van der Waals surface area contributed by atoms with Crippen molar-refractivity contribution in [2.24, 2.45) is 5.92 Å². The fourth-order valence-electron chi connectivity index (χ4n) is 4.60. The zero-order valence-electron chi connectivity index (χ0n) is 20.5. The third-order valence-electron chi connectivity index (χ3n) is 6.84. The molecule has 3 aromatic carbocycles. The van der Waals surface area contributed by atoms with E-state index in [0.717, 1.165) is 42.1 Å². The van der Waals surface area contributed by atoms with Crippen molar-refractivity contribution in [3.05, 3.63) is 82.9 Å². The minimum absolute atomic E-state index is 0.0197. The Balaban J connectivity index is 1.85. The molecule has 4 aromatic rings. The van der Waals surface area contributed by atoms with Gasteiger partial charge in [-0.15, -0.1) is 0 Å². The first-order valence-electron chi connectivity index (χ1n) is 12.2. The fourth-order valence-corrected chi connectivity index (χ4v) is 4.60. The number of hydrogen-bond acceptors (Lipinski definition) is 3. The van der Waals surface area contributed by atoms with Gasteiger partial charge in [-0.25, -0.2) is 4.98 Å². The maximum atomic E-state index is 13.7. The fraction of sp³-hybridized carbons (Fsp3) is 0.345. The Bertz CT molecular complexity index is 1370. The number of unbranched alkanes of at least 4 members (excludes halogenated alkanes) is 1. The van der Waals surface area contributed by atoms with Crippen LogP contribution in [0.25, 0.3) is 27.4 Å². The molecule has 2 unspecified atom stereocenters. The van der Waals surface area contributed by atoms with Gasteiger partial charge in [-0.05, 0) is 54.8 Å². The first-order valence-corrected chi connectivity index (χ1v) is 12.2. The second kappa shape index (κ2) is 10.2. The molecule has 0 N–H and O–H groups in total. The summed E-state index contributed by atoms with van der Waals surface area (Å²) in [5, 5.41) is 2.72. The minimum Gasteiger partial charge on any atom is -0.336 e. The van der Waals surface area contributed by atoms with Crippen LogP contribution in [0.2, 0.25) is 0 Å². The molecule has 0 saturated heterocycles. The second-order valence-corrected chi connectivity index (χ2v) is 9.03. The van der Waals surface area contributed by atoms with Crippen molar-refractivity contribution in [1.29, 1.82) is 0 Å². The molecule has 1 amide bonds. The largest absolute Gasteiger partial charge is 0.336 e. The summed E-state index contributed by atoms with van der Waals surface area (Å²) in [4.78, 5) is 33.8. The predicted octanol–water partition coefficient (Wildman–Crippen LogP) is 6.27. The predicted molar refractivity (Wildman–Crippen MR) is 139 cm³/mol. The van der Waals surface area contributed by atoms with E-state index in [2.05, 4.69) is 19.9 Å². The average Bonchev–Trinajstić information content (AvgIpc) is 2.87. The van der Waals surface area contributed by atoms with E-state index in [0.29, 0.717) is 16.7 Å². The van der Waals surface area contributed by atoms with Crippen LogP contribution in [-0.2, 0) is 4.79 Å². The van der Waals surface area contributed by atoms with Gasteiger partial charge in [0.2, 0.25) is 5.91 Å². The summed E-state index contributed by atoms with van der Waals surface area (Å²) < 4.78 is 1.68. The third kappa shape index (κ3) is 4.47. The van der Waals surface area contributed by atoms with Crippen molar-refractivity contribution in [2.75, 3.05) is 7.05 Å². The normalized spacial score (nSPS) is 13.2. The van der Waals surface area contributed by atoms with Gasteiger partial charge in [-0.3, -0.25) is 14.2 Å². The highest BCUT2D eigenvalue weighted by Crippen LogP contribution is 2.26. The highest BCUT2D eigenvalue weighted by molar-refractivity contribution is 5.85. The van der Waals surface area contributed by atoms with Crippen LogP contribution in [0.15, 0.2) is 71.5 Å². The monoisotopic (exact) mass is 455 g/mol. The van der Waals surface area contributed by atoms with Gasteiger partial charge in [0.15, 0.2) is 0 Å². The molecule has 0 spiro atoms. The maximum absolute atomic E-state index is 13.7. The minimum atomic E-state index is -0.369. The maximum Gasteiger partial charge on any atom is 0.266 e. The Kier molecular flexibility index (Phi) is 7.11. The third-order valence-corrected chi connectivity index (χ3v) is 6.84. The van der Waals surface area contributed by atoms with Crippen LogP contribution in [0.4, 0.5) is 0 Å². The molecule has 2 atom stereocenters. The average molecular weight is 456 g/mol. The number of amides is 1. The molecule has 0 aliphatic rings. The Morgan fingerprint density at radius 3 is 2.44 bits per heavy atom. The first-order chi connectivity index (χ1) is 16.5. The summed E-state index contributed by atoms with van der Waals surface area (Å²) in [6.45, 7) is 6.17. The van der Waals surface area contributed by atoms with Gasteiger partial charge < -0.3 is 4.90 Å². The number of carbonyl (C=O) groups excluding carboxylic acids is 1. The van der Waals surface area contributed by atoms with Gasteiger partial charge in [0.25, 0.3) is 5.56 Å². The van der Waals surface area contributed by atoms with Crippen LogP contribution in [0.1, 0.15) is 58.3 Å². The quantitative estimate of drug-likeness (QED) is 0.314. The number of rotatable bonds is 8. The van der Waals surface area contributed by atoms with E-state index in [9.17, 15) is 9.59 Å². The van der Waals surface area contributed by atoms with E-state index in [1.807, 2.05) is 74.6 Å². The first kappa shape index (κ1) is 23.7. The molecule has 5 heteroatoms. The zero-order chi connectivity index (χ0) is 24.2. The molecule has 0 fully saturated rings. The van der Waals surface area contributed by atoms with E-state index in [1.165, 1.54) is 0 Å². The van der Waals surface area contributed by atoms with Crippen molar-refractivity contribution < 1.29 is 4.79 Å². The van der Waals surface area contributed by atoms with Crippen LogP contribution in [0, 0.1) is 5.92 Å². The summed E-state index contributed by atoms with van der Waals surface area (Å²) in [5.41, 5.74) is 1.27. The van der Waals surface area contributed by atoms with Crippen LogP contribution in [-0.4, -0.2) is 27.4 Å². The molecular weight excluding hydrogens is 422 g/mol. The van der Waals surface area contributed by atoms with Crippen LogP contribution >= 0.6 is 0 Å². The van der Waals surface area contributed by atoms with Crippen molar-refractivity contribution in [2.45, 2.75) is 52.5 Å². The Morgan fingerprint density at radius 1 is 1.00 bits per heavy atom. The molecule has 0 saturated carbocycles. The van der Waals surface area contributed by atoms with Crippen LogP contribution in [0.3, 0.4) is 0 Å². The molecule has 0 aliphatic carbocycles. The summed E-state index contributed by atoms with van der Waals surface area (Å²) in [6, 6.07) is 21.1. The van der Waals surface area contributed by atoms with Crippen molar-refractivity contribution in [1.82, 2.24) is 14.5 Å². The van der Waals surface area contributed by atoms with Crippen LogP contribution in [0.5, 0.6) is 0 Å². The lowest BCUT2D eigenvalue weighted by atomic mass is 9.97. The van der Waals surface area contributed by atoms with Gasteiger partial charge in [-0.2, -0.15) is 0 Å². The van der Waals surface area contributed by atoms with E-state index in [-0.39, 0.29) is 23.4 Å². The molecule has 0 aliphatic heterocycles.